The third kappa shape index (κ3) is 5.07. The molecule has 2 aromatic carbocycles. The molecule has 2 amide bonds. The molecular weight excluding hydrogens is 350 g/mol. The van der Waals surface area contributed by atoms with E-state index in [0.717, 1.165) is 5.56 Å². The summed E-state index contributed by atoms with van der Waals surface area (Å²) >= 11 is 6.18. The predicted octanol–water partition coefficient (Wildman–Crippen LogP) is 3.33. The topological polar surface area (TPSA) is 75.4 Å². The molecule has 26 heavy (non-hydrogen) atoms. The molecule has 2 aromatic rings. The number of anilines is 1. The van der Waals surface area contributed by atoms with E-state index in [1.54, 1.807) is 23.1 Å². The highest BCUT2D eigenvalue weighted by atomic mass is 35.5. The van der Waals surface area contributed by atoms with Crippen LogP contribution in [0.2, 0.25) is 5.02 Å². The molecule has 5 nitrogen and oxygen atoms in total. The molecule has 0 saturated carbocycles. The summed E-state index contributed by atoms with van der Waals surface area (Å²) in [6, 6.07) is 13.7. The Labute approximate surface area is 159 Å². The van der Waals surface area contributed by atoms with Gasteiger partial charge in [0.1, 0.15) is 0 Å². The van der Waals surface area contributed by atoms with Crippen molar-refractivity contribution in [3.05, 3.63) is 64.7 Å². The number of nitrogens with one attached hydrogen (secondary N) is 1. The van der Waals surface area contributed by atoms with Crippen molar-refractivity contribution < 1.29 is 9.59 Å². The van der Waals surface area contributed by atoms with Crippen LogP contribution in [0.4, 0.5) is 5.69 Å². The van der Waals surface area contributed by atoms with Gasteiger partial charge in [0, 0.05) is 18.7 Å². The van der Waals surface area contributed by atoms with Crippen LogP contribution in [-0.2, 0) is 11.2 Å². The zero-order valence-electron chi connectivity index (χ0n) is 15.0. The van der Waals surface area contributed by atoms with E-state index < -0.39 is 6.04 Å². The highest BCUT2D eigenvalue weighted by Crippen LogP contribution is 2.24. The first-order valence-corrected chi connectivity index (χ1v) is 9.03. The average Bonchev–Trinajstić information content (AvgIpc) is 2.65. The molecule has 0 unspecified atom stereocenters. The molecule has 0 radical (unpaired) electrons. The van der Waals surface area contributed by atoms with Crippen LogP contribution in [0.1, 0.15) is 29.8 Å². The van der Waals surface area contributed by atoms with E-state index in [1.807, 2.05) is 44.2 Å². The van der Waals surface area contributed by atoms with Crippen LogP contribution in [-0.4, -0.2) is 35.8 Å². The van der Waals surface area contributed by atoms with Crippen LogP contribution in [0.5, 0.6) is 0 Å². The molecule has 0 fully saturated rings. The molecular formula is C20H24ClN3O2. The number of carbonyl (C=O) groups is 2. The number of hydrogen-bond acceptors (Lipinski definition) is 3. The van der Waals surface area contributed by atoms with Gasteiger partial charge in [0.15, 0.2) is 0 Å². The third-order valence-electron chi connectivity index (χ3n) is 4.16. The molecule has 0 saturated heterocycles. The third-order valence-corrected chi connectivity index (χ3v) is 4.49. The van der Waals surface area contributed by atoms with Gasteiger partial charge in [-0.15, -0.1) is 0 Å². The standard InChI is InChI=1S/C20H24ClN3O2/c1-3-24(4-2)20(26)15-10-11-16(21)18(13-15)23-19(25)17(22)12-14-8-6-5-7-9-14/h5-11,13,17H,3-4,12,22H2,1-2H3,(H,23,25)/t17-/m0/s1. The normalized spacial score (nSPS) is 11.7. The number of halogens is 1. The van der Waals surface area contributed by atoms with E-state index in [0.29, 0.717) is 35.8 Å². The summed E-state index contributed by atoms with van der Waals surface area (Å²) in [5.74, 6) is -0.445. The quantitative estimate of drug-likeness (QED) is 0.781. The molecule has 138 valence electrons. The maximum Gasteiger partial charge on any atom is 0.253 e. The van der Waals surface area contributed by atoms with Crippen LogP contribution in [0.15, 0.2) is 48.5 Å². The second-order valence-corrected chi connectivity index (χ2v) is 6.36. The molecule has 2 rings (SSSR count). The Morgan fingerprint density at radius 1 is 1.12 bits per heavy atom. The van der Waals surface area contributed by atoms with Crippen LogP contribution < -0.4 is 11.1 Å². The first-order valence-electron chi connectivity index (χ1n) is 8.65. The van der Waals surface area contributed by atoms with Gasteiger partial charge in [-0.2, -0.15) is 0 Å². The lowest BCUT2D eigenvalue weighted by molar-refractivity contribution is -0.117. The molecule has 0 bridgehead atoms. The zero-order chi connectivity index (χ0) is 19.1. The van der Waals surface area contributed by atoms with Crippen LogP contribution in [0.25, 0.3) is 0 Å². The molecule has 0 aliphatic heterocycles. The Kier molecular flexibility index (Phi) is 7.18. The molecule has 6 heteroatoms. The number of benzene rings is 2. The Morgan fingerprint density at radius 3 is 2.38 bits per heavy atom. The van der Waals surface area contributed by atoms with Gasteiger partial charge in [0.25, 0.3) is 5.91 Å². The van der Waals surface area contributed by atoms with Gasteiger partial charge in [-0.25, -0.2) is 0 Å². The highest BCUT2D eigenvalue weighted by molar-refractivity contribution is 6.34. The molecule has 0 heterocycles. The van der Waals surface area contributed by atoms with Crippen molar-refractivity contribution in [2.24, 2.45) is 5.73 Å². The Morgan fingerprint density at radius 2 is 1.77 bits per heavy atom. The fourth-order valence-electron chi connectivity index (χ4n) is 2.63. The summed E-state index contributed by atoms with van der Waals surface area (Å²) in [4.78, 5) is 26.6. The first kappa shape index (κ1) is 19.9. The smallest absolute Gasteiger partial charge is 0.253 e. The number of hydrogen-bond donors (Lipinski definition) is 2. The lowest BCUT2D eigenvalue weighted by Crippen LogP contribution is -2.37. The molecule has 0 aliphatic carbocycles. The Bertz CT molecular complexity index is 761. The summed E-state index contributed by atoms with van der Waals surface area (Å²) in [7, 11) is 0. The lowest BCUT2D eigenvalue weighted by atomic mass is 10.1. The number of rotatable bonds is 7. The fraction of sp³-hybridized carbons (Fsp3) is 0.300. The van der Waals surface area contributed by atoms with E-state index in [-0.39, 0.29) is 11.8 Å². The minimum absolute atomic E-state index is 0.101. The number of amides is 2. The Hall–Kier alpha value is -2.37. The maximum atomic E-state index is 12.5. The van der Waals surface area contributed by atoms with E-state index in [1.165, 1.54) is 0 Å². The molecule has 0 aromatic heterocycles. The van der Waals surface area contributed by atoms with Crippen molar-refractivity contribution in [3.8, 4) is 0 Å². The van der Waals surface area contributed by atoms with Gasteiger partial charge in [0.2, 0.25) is 5.91 Å². The van der Waals surface area contributed by atoms with Crippen molar-refractivity contribution >= 4 is 29.1 Å². The van der Waals surface area contributed by atoms with Crippen LogP contribution in [0.3, 0.4) is 0 Å². The minimum atomic E-state index is -0.712. The van der Waals surface area contributed by atoms with E-state index in [4.69, 9.17) is 17.3 Å². The van der Waals surface area contributed by atoms with Gasteiger partial charge in [-0.1, -0.05) is 41.9 Å². The lowest BCUT2D eigenvalue weighted by Gasteiger charge is -2.19. The zero-order valence-corrected chi connectivity index (χ0v) is 15.8. The SMILES string of the molecule is CCN(CC)C(=O)c1ccc(Cl)c(NC(=O)[C@@H](N)Cc2ccccc2)c1. The van der Waals surface area contributed by atoms with Crippen LogP contribution in [0, 0.1) is 0 Å². The van der Waals surface area contributed by atoms with Crippen molar-refractivity contribution in [2.45, 2.75) is 26.3 Å². The second-order valence-electron chi connectivity index (χ2n) is 5.96. The Balaban J connectivity index is 2.11. The van der Waals surface area contributed by atoms with Gasteiger partial charge in [-0.3, -0.25) is 9.59 Å². The van der Waals surface area contributed by atoms with Crippen molar-refractivity contribution in [1.29, 1.82) is 0 Å². The molecule has 1 atom stereocenters. The summed E-state index contributed by atoms with van der Waals surface area (Å²) in [6.45, 7) is 5.06. The van der Waals surface area contributed by atoms with Crippen molar-refractivity contribution in [1.82, 2.24) is 4.90 Å². The summed E-state index contributed by atoms with van der Waals surface area (Å²) in [5.41, 5.74) is 7.85. The number of nitrogens with zero attached hydrogens (tertiary/aromatic N) is 1. The predicted molar refractivity (Wildman–Crippen MR) is 105 cm³/mol. The average molecular weight is 374 g/mol. The van der Waals surface area contributed by atoms with Gasteiger partial charge in [0.05, 0.1) is 16.8 Å². The van der Waals surface area contributed by atoms with E-state index >= 15 is 0 Å². The summed E-state index contributed by atoms with van der Waals surface area (Å²) in [6.07, 6.45) is 0.419. The largest absolute Gasteiger partial charge is 0.339 e. The fourth-order valence-corrected chi connectivity index (χ4v) is 2.80. The first-order chi connectivity index (χ1) is 12.5. The minimum Gasteiger partial charge on any atom is -0.339 e. The second kappa shape index (κ2) is 9.36. The highest BCUT2D eigenvalue weighted by Gasteiger charge is 2.18. The summed E-state index contributed by atoms with van der Waals surface area (Å²) < 4.78 is 0. The van der Waals surface area contributed by atoms with Gasteiger partial charge in [-0.05, 0) is 44.0 Å². The maximum absolute atomic E-state index is 12.5. The molecule has 0 aliphatic rings. The monoisotopic (exact) mass is 373 g/mol. The van der Waals surface area contributed by atoms with Crippen molar-refractivity contribution in [3.63, 3.8) is 0 Å². The molecule has 0 spiro atoms. The van der Waals surface area contributed by atoms with Gasteiger partial charge >= 0.3 is 0 Å². The molecule has 3 N–H and O–H groups in total. The number of carbonyl (C=O) groups excluding carboxylic acids is 2. The van der Waals surface area contributed by atoms with E-state index in [2.05, 4.69) is 5.32 Å². The van der Waals surface area contributed by atoms with Crippen molar-refractivity contribution in [2.75, 3.05) is 18.4 Å². The van der Waals surface area contributed by atoms with E-state index in [9.17, 15) is 9.59 Å². The summed E-state index contributed by atoms with van der Waals surface area (Å²) in [5, 5.41) is 3.10. The van der Waals surface area contributed by atoms with Gasteiger partial charge < -0.3 is 16.0 Å². The number of nitrogens with two attached hydrogens (primary N) is 1. The van der Waals surface area contributed by atoms with Crippen LogP contribution >= 0.6 is 11.6 Å².